The van der Waals surface area contributed by atoms with Gasteiger partial charge in [0.05, 0.1) is 25.2 Å². The fourth-order valence-electron chi connectivity index (χ4n) is 2.77. The summed E-state index contributed by atoms with van der Waals surface area (Å²) in [7, 11) is 1.50. The molecular formula is C13H21N3O5. The number of aliphatic carboxylic acids is 1. The highest BCUT2D eigenvalue weighted by molar-refractivity contribution is 5.87. The van der Waals surface area contributed by atoms with E-state index in [0.29, 0.717) is 26.0 Å². The van der Waals surface area contributed by atoms with Crippen molar-refractivity contribution in [3.8, 4) is 0 Å². The smallest absolute Gasteiger partial charge is 0.318 e. The standard InChI is InChI=1S/C13H21N3O5/c1-14-11(19)9-8-21-6-5-16(9)12(20)15-13(3-2-4-13)7-10(17)18/h9H,2-8H2,1H3,(H,14,19)(H,15,20)(H,17,18). The number of amides is 3. The number of likely N-dealkylation sites (N-methyl/N-ethyl adjacent to an activating group) is 1. The number of ether oxygens (including phenoxy) is 1. The van der Waals surface area contributed by atoms with Gasteiger partial charge in [-0.15, -0.1) is 0 Å². The highest BCUT2D eigenvalue weighted by Crippen LogP contribution is 2.35. The number of urea groups is 1. The molecule has 2 aliphatic rings. The van der Waals surface area contributed by atoms with Gasteiger partial charge in [0.2, 0.25) is 5.91 Å². The average molecular weight is 299 g/mol. The third-order valence-corrected chi connectivity index (χ3v) is 4.11. The Morgan fingerprint density at radius 2 is 2.10 bits per heavy atom. The molecule has 0 aromatic rings. The number of rotatable bonds is 4. The monoisotopic (exact) mass is 299 g/mol. The molecule has 8 heteroatoms. The third kappa shape index (κ3) is 3.44. The summed E-state index contributed by atoms with van der Waals surface area (Å²) in [5, 5.41) is 14.3. The fourth-order valence-corrected chi connectivity index (χ4v) is 2.77. The Balaban J connectivity index is 2.03. The van der Waals surface area contributed by atoms with Crippen molar-refractivity contribution in [1.82, 2.24) is 15.5 Å². The minimum absolute atomic E-state index is 0.0896. The van der Waals surface area contributed by atoms with Crippen molar-refractivity contribution in [3.63, 3.8) is 0 Å². The molecule has 1 heterocycles. The first-order valence-corrected chi connectivity index (χ1v) is 7.07. The van der Waals surface area contributed by atoms with Gasteiger partial charge in [-0.2, -0.15) is 0 Å². The van der Waals surface area contributed by atoms with E-state index in [2.05, 4.69) is 10.6 Å². The Morgan fingerprint density at radius 3 is 2.62 bits per heavy atom. The Labute approximate surface area is 122 Å². The highest BCUT2D eigenvalue weighted by Gasteiger charge is 2.43. The van der Waals surface area contributed by atoms with Gasteiger partial charge in [-0.05, 0) is 19.3 Å². The zero-order valence-electron chi connectivity index (χ0n) is 12.1. The van der Waals surface area contributed by atoms with Crippen molar-refractivity contribution in [1.29, 1.82) is 0 Å². The lowest BCUT2D eigenvalue weighted by atomic mass is 9.74. The summed E-state index contributed by atoms with van der Waals surface area (Å²) in [5.41, 5.74) is -0.672. The highest BCUT2D eigenvalue weighted by atomic mass is 16.5. The van der Waals surface area contributed by atoms with Gasteiger partial charge in [-0.25, -0.2) is 4.79 Å². The summed E-state index contributed by atoms with van der Waals surface area (Å²) in [6.07, 6.45) is 2.11. The van der Waals surface area contributed by atoms with Crippen LogP contribution >= 0.6 is 0 Å². The van der Waals surface area contributed by atoms with Crippen LogP contribution in [0, 0.1) is 0 Å². The summed E-state index contributed by atoms with van der Waals surface area (Å²) in [5.74, 6) is -1.22. The van der Waals surface area contributed by atoms with E-state index >= 15 is 0 Å². The predicted molar refractivity (Wildman–Crippen MR) is 72.7 cm³/mol. The second kappa shape index (κ2) is 6.30. The zero-order chi connectivity index (χ0) is 15.5. The fraction of sp³-hybridized carbons (Fsp3) is 0.769. The Hall–Kier alpha value is -1.83. The number of nitrogens with one attached hydrogen (secondary N) is 2. The molecule has 3 N–H and O–H groups in total. The largest absolute Gasteiger partial charge is 0.481 e. The summed E-state index contributed by atoms with van der Waals surface area (Å²) < 4.78 is 5.24. The molecule has 2 rings (SSSR count). The van der Waals surface area contributed by atoms with Crippen LogP contribution in [0.15, 0.2) is 0 Å². The lowest BCUT2D eigenvalue weighted by molar-refractivity contribution is -0.139. The molecule has 1 saturated carbocycles. The molecule has 0 aromatic heterocycles. The van der Waals surface area contributed by atoms with Crippen LogP contribution < -0.4 is 10.6 Å². The summed E-state index contributed by atoms with van der Waals surface area (Å²) in [6, 6.07) is -1.07. The van der Waals surface area contributed by atoms with E-state index in [4.69, 9.17) is 9.84 Å². The van der Waals surface area contributed by atoms with Crippen LogP contribution in [0.2, 0.25) is 0 Å². The maximum Gasteiger partial charge on any atom is 0.318 e. The molecule has 1 unspecified atom stereocenters. The van der Waals surface area contributed by atoms with Gasteiger partial charge in [-0.3, -0.25) is 9.59 Å². The molecular weight excluding hydrogens is 278 g/mol. The van der Waals surface area contributed by atoms with E-state index in [1.165, 1.54) is 11.9 Å². The van der Waals surface area contributed by atoms with Crippen molar-refractivity contribution >= 4 is 17.9 Å². The van der Waals surface area contributed by atoms with Crippen LogP contribution in [-0.2, 0) is 14.3 Å². The van der Waals surface area contributed by atoms with Crippen molar-refractivity contribution in [2.45, 2.75) is 37.3 Å². The van der Waals surface area contributed by atoms with E-state index in [1.807, 2.05) is 0 Å². The summed E-state index contributed by atoms with van der Waals surface area (Å²) in [6.45, 7) is 0.832. The second-order valence-corrected chi connectivity index (χ2v) is 5.53. The molecule has 118 valence electrons. The van der Waals surface area contributed by atoms with Crippen LogP contribution in [0.4, 0.5) is 4.79 Å². The number of nitrogens with zero attached hydrogens (tertiary/aromatic N) is 1. The molecule has 0 bridgehead atoms. The molecule has 1 saturated heterocycles. The molecule has 0 radical (unpaired) electrons. The van der Waals surface area contributed by atoms with Gasteiger partial charge in [-0.1, -0.05) is 0 Å². The predicted octanol–water partition coefficient (Wildman–Crippen LogP) is -0.460. The SMILES string of the molecule is CNC(=O)C1COCCN1C(=O)NC1(CC(=O)O)CCC1. The number of carbonyl (C=O) groups is 3. The molecule has 0 spiro atoms. The molecule has 1 aliphatic carbocycles. The first-order chi connectivity index (χ1) is 9.97. The lowest BCUT2D eigenvalue weighted by Gasteiger charge is -2.44. The average Bonchev–Trinajstić information content (AvgIpc) is 2.43. The Morgan fingerprint density at radius 1 is 1.38 bits per heavy atom. The molecule has 1 atom stereocenters. The quantitative estimate of drug-likeness (QED) is 0.651. The second-order valence-electron chi connectivity index (χ2n) is 5.53. The van der Waals surface area contributed by atoms with Crippen LogP contribution in [0.5, 0.6) is 0 Å². The van der Waals surface area contributed by atoms with E-state index in [0.717, 1.165) is 6.42 Å². The van der Waals surface area contributed by atoms with Crippen LogP contribution in [0.3, 0.4) is 0 Å². The van der Waals surface area contributed by atoms with Crippen LogP contribution in [0.25, 0.3) is 0 Å². The van der Waals surface area contributed by atoms with Crippen LogP contribution in [-0.4, -0.2) is 66.3 Å². The van der Waals surface area contributed by atoms with Gasteiger partial charge in [0.25, 0.3) is 0 Å². The molecule has 2 fully saturated rings. The number of carbonyl (C=O) groups excluding carboxylic acids is 2. The third-order valence-electron chi connectivity index (χ3n) is 4.11. The molecule has 0 aromatic carbocycles. The van der Waals surface area contributed by atoms with Gasteiger partial charge in [0.1, 0.15) is 6.04 Å². The minimum atomic E-state index is -0.931. The molecule has 21 heavy (non-hydrogen) atoms. The topological polar surface area (TPSA) is 108 Å². The van der Waals surface area contributed by atoms with Crippen molar-refractivity contribution in [2.24, 2.45) is 0 Å². The van der Waals surface area contributed by atoms with E-state index in [-0.39, 0.29) is 18.9 Å². The minimum Gasteiger partial charge on any atom is -0.481 e. The Bertz CT molecular complexity index is 436. The van der Waals surface area contributed by atoms with Gasteiger partial charge < -0.3 is 25.4 Å². The van der Waals surface area contributed by atoms with E-state index in [1.54, 1.807) is 0 Å². The molecule has 3 amide bonds. The van der Waals surface area contributed by atoms with Crippen molar-refractivity contribution in [3.05, 3.63) is 0 Å². The number of carboxylic acid groups (broad SMARTS) is 1. The normalized spacial score (nSPS) is 23.9. The summed E-state index contributed by atoms with van der Waals surface area (Å²) in [4.78, 5) is 36.6. The molecule has 1 aliphatic heterocycles. The Kier molecular flexibility index (Phi) is 4.66. The first-order valence-electron chi connectivity index (χ1n) is 7.07. The van der Waals surface area contributed by atoms with Crippen molar-refractivity contribution < 1.29 is 24.2 Å². The van der Waals surface area contributed by atoms with Gasteiger partial charge in [0.15, 0.2) is 0 Å². The number of hydrogen-bond acceptors (Lipinski definition) is 4. The zero-order valence-corrected chi connectivity index (χ0v) is 12.1. The van der Waals surface area contributed by atoms with E-state index in [9.17, 15) is 14.4 Å². The van der Waals surface area contributed by atoms with E-state index < -0.39 is 23.6 Å². The van der Waals surface area contributed by atoms with Gasteiger partial charge >= 0.3 is 12.0 Å². The van der Waals surface area contributed by atoms with Crippen LogP contribution in [0.1, 0.15) is 25.7 Å². The summed E-state index contributed by atoms with van der Waals surface area (Å²) >= 11 is 0. The number of carboxylic acids is 1. The molecule has 8 nitrogen and oxygen atoms in total. The van der Waals surface area contributed by atoms with Crippen molar-refractivity contribution in [2.75, 3.05) is 26.8 Å². The lowest BCUT2D eigenvalue weighted by Crippen LogP contribution is -2.63. The number of hydrogen-bond donors (Lipinski definition) is 3. The number of morpholine rings is 1. The first kappa shape index (κ1) is 15.6. The maximum atomic E-state index is 12.4. The van der Waals surface area contributed by atoms with Gasteiger partial charge in [0, 0.05) is 13.6 Å². The maximum absolute atomic E-state index is 12.4.